The number of hydrogen-bond donors (Lipinski definition) is 2. The SMILES string of the molecule is CC.CC.CCOO.O=C(O)c1cccc2cccnc12. The monoisotopic (exact) mass is 295 g/mol. The van der Waals surface area contributed by atoms with Crippen LogP contribution in [0.15, 0.2) is 36.5 Å². The highest BCUT2D eigenvalue weighted by molar-refractivity contribution is 6.01. The molecule has 0 fully saturated rings. The Hall–Kier alpha value is -1.98. The summed E-state index contributed by atoms with van der Waals surface area (Å²) < 4.78 is 0. The molecular weight excluding hydrogens is 270 g/mol. The first-order valence-electron chi connectivity index (χ1n) is 7.04. The molecule has 5 nitrogen and oxygen atoms in total. The van der Waals surface area contributed by atoms with Crippen molar-refractivity contribution in [2.75, 3.05) is 6.61 Å². The zero-order valence-corrected chi connectivity index (χ0v) is 13.3. The van der Waals surface area contributed by atoms with E-state index in [1.807, 2.05) is 39.8 Å². The van der Waals surface area contributed by atoms with Crippen molar-refractivity contribution in [3.8, 4) is 0 Å². The lowest BCUT2D eigenvalue weighted by Crippen LogP contribution is -1.97. The Morgan fingerprint density at radius 3 is 2.14 bits per heavy atom. The quantitative estimate of drug-likeness (QED) is 0.630. The Morgan fingerprint density at radius 1 is 1.14 bits per heavy atom. The average molecular weight is 295 g/mol. The maximum Gasteiger partial charge on any atom is 0.337 e. The summed E-state index contributed by atoms with van der Waals surface area (Å²) in [7, 11) is 0. The second-order valence-electron chi connectivity index (χ2n) is 3.10. The van der Waals surface area contributed by atoms with Crippen molar-refractivity contribution >= 4 is 16.9 Å². The zero-order chi connectivity index (χ0) is 16.7. The van der Waals surface area contributed by atoms with Crippen molar-refractivity contribution in [1.29, 1.82) is 0 Å². The molecule has 2 N–H and O–H groups in total. The van der Waals surface area contributed by atoms with Gasteiger partial charge in [-0.2, -0.15) is 0 Å². The van der Waals surface area contributed by atoms with Crippen LogP contribution in [-0.2, 0) is 4.89 Å². The molecule has 0 aliphatic rings. The van der Waals surface area contributed by atoms with Crippen LogP contribution in [0.2, 0.25) is 0 Å². The van der Waals surface area contributed by atoms with Crippen LogP contribution < -0.4 is 0 Å². The highest BCUT2D eigenvalue weighted by atomic mass is 17.1. The van der Waals surface area contributed by atoms with E-state index in [1.54, 1.807) is 31.3 Å². The molecule has 0 saturated carbocycles. The molecule has 21 heavy (non-hydrogen) atoms. The summed E-state index contributed by atoms with van der Waals surface area (Å²) in [4.78, 5) is 18.3. The normalized spacial score (nSPS) is 8.29. The number of aromatic nitrogens is 1. The molecule has 1 aromatic heterocycles. The van der Waals surface area contributed by atoms with Crippen LogP contribution in [0.1, 0.15) is 45.0 Å². The lowest BCUT2D eigenvalue weighted by molar-refractivity contribution is -0.237. The van der Waals surface area contributed by atoms with Gasteiger partial charge in [0.15, 0.2) is 0 Å². The van der Waals surface area contributed by atoms with E-state index < -0.39 is 5.97 Å². The van der Waals surface area contributed by atoms with Gasteiger partial charge in [-0.3, -0.25) is 10.2 Å². The number of carboxylic acid groups (broad SMARTS) is 1. The van der Waals surface area contributed by atoms with E-state index in [1.165, 1.54) is 0 Å². The van der Waals surface area contributed by atoms with Crippen molar-refractivity contribution < 1.29 is 20.0 Å². The summed E-state index contributed by atoms with van der Waals surface area (Å²) in [5, 5.41) is 17.1. The van der Waals surface area contributed by atoms with Crippen LogP contribution in [0.25, 0.3) is 10.9 Å². The van der Waals surface area contributed by atoms with Crippen molar-refractivity contribution in [3.63, 3.8) is 0 Å². The minimum Gasteiger partial charge on any atom is -0.478 e. The van der Waals surface area contributed by atoms with Crippen LogP contribution in [-0.4, -0.2) is 27.9 Å². The first-order chi connectivity index (χ1) is 10.2. The van der Waals surface area contributed by atoms with Crippen LogP contribution in [0.3, 0.4) is 0 Å². The summed E-state index contributed by atoms with van der Waals surface area (Å²) in [6, 6.07) is 8.74. The largest absolute Gasteiger partial charge is 0.478 e. The molecule has 5 heteroatoms. The van der Waals surface area contributed by atoms with Gasteiger partial charge >= 0.3 is 5.97 Å². The fraction of sp³-hybridized carbons (Fsp3) is 0.375. The third-order valence-corrected chi connectivity index (χ3v) is 1.99. The highest BCUT2D eigenvalue weighted by Gasteiger charge is 2.07. The van der Waals surface area contributed by atoms with Crippen molar-refractivity contribution in [3.05, 3.63) is 42.1 Å². The minimum absolute atomic E-state index is 0.248. The minimum atomic E-state index is -0.940. The Kier molecular flexibility index (Phi) is 14.6. The van der Waals surface area contributed by atoms with Gasteiger partial charge in [0.25, 0.3) is 0 Å². The number of carboxylic acids is 1. The van der Waals surface area contributed by atoms with Crippen LogP contribution in [0, 0.1) is 0 Å². The number of carbonyl (C=O) groups is 1. The Labute approximate surface area is 126 Å². The number of fused-ring (bicyclic) bond motifs is 1. The molecule has 1 aromatic carbocycles. The first-order valence-corrected chi connectivity index (χ1v) is 7.04. The van der Waals surface area contributed by atoms with Crippen molar-refractivity contribution in [2.24, 2.45) is 0 Å². The van der Waals surface area contributed by atoms with Crippen LogP contribution in [0.5, 0.6) is 0 Å². The summed E-state index contributed by atoms with van der Waals surface area (Å²) in [6.07, 6.45) is 1.59. The molecule has 2 rings (SSSR count). The molecule has 2 aromatic rings. The fourth-order valence-electron chi connectivity index (χ4n) is 1.28. The van der Waals surface area contributed by atoms with Gasteiger partial charge < -0.3 is 5.11 Å². The smallest absolute Gasteiger partial charge is 0.337 e. The molecule has 0 bridgehead atoms. The number of para-hydroxylation sites is 1. The van der Waals surface area contributed by atoms with E-state index in [4.69, 9.17) is 10.4 Å². The summed E-state index contributed by atoms with van der Waals surface area (Å²) >= 11 is 0. The lowest BCUT2D eigenvalue weighted by atomic mass is 10.1. The van der Waals surface area contributed by atoms with E-state index in [-0.39, 0.29) is 5.56 Å². The molecule has 0 saturated heterocycles. The predicted molar refractivity (Wildman–Crippen MR) is 85.7 cm³/mol. The fourth-order valence-corrected chi connectivity index (χ4v) is 1.28. The molecule has 118 valence electrons. The first kappa shape index (κ1) is 21.3. The molecule has 0 aliphatic carbocycles. The predicted octanol–water partition coefficient (Wildman–Crippen LogP) is 4.48. The van der Waals surface area contributed by atoms with Crippen molar-refractivity contribution in [2.45, 2.75) is 34.6 Å². The van der Waals surface area contributed by atoms with E-state index in [9.17, 15) is 4.79 Å². The topological polar surface area (TPSA) is 79.7 Å². The summed E-state index contributed by atoms with van der Waals surface area (Å²) in [6.45, 7) is 10.1. The van der Waals surface area contributed by atoms with Crippen LogP contribution >= 0.6 is 0 Å². The van der Waals surface area contributed by atoms with Gasteiger partial charge in [0.2, 0.25) is 0 Å². The van der Waals surface area contributed by atoms with Crippen LogP contribution in [0.4, 0.5) is 0 Å². The highest BCUT2D eigenvalue weighted by Crippen LogP contribution is 2.15. The molecule has 0 atom stereocenters. The number of pyridine rings is 1. The third-order valence-electron chi connectivity index (χ3n) is 1.99. The zero-order valence-electron chi connectivity index (χ0n) is 13.3. The van der Waals surface area contributed by atoms with Gasteiger partial charge in [-0.25, -0.2) is 9.68 Å². The Bertz CT molecular complexity index is 493. The second kappa shape index (κ2) is 14.4. The lowest BCUT2D eigenvalue weighted by Gasteiger charge is -1.99. The number of rotatable bonds is 2. The number of nitrogens with zero attached hydrogens (tertiary/aromatic N) is 1. The molecule has 0 spiro atoms. The maximum atomic E-state index is 10.8. The standard InChI is InChI=1S/C10H7NO2.C2H6O2.2C2H6/c12-10(13)8-5-1-3-7-4-2-6-11-9(7)8;1-2-4-3;2*1-2/h1-6H,(H,12,13);3H,2H2,1H3;2*1-2H3. The molecule has 0 aliphatic heterocycles. The average Bonchev–Trinajstić information content (AvgIpc) is 2.58. The second-order valence-corrected chi connectivity index (χ2v) is 3.10. The molecule has 0 unspecified atom stereocenters. The van der Waals surface area contributed by atoms with Gasteiger partial charge in [0.1, 0.15) is 0 Å². The van der Waals surface area contributed by atoms with Crippen molar-refractivity contribution in [1.82, 2.24) is 4.98 Å². The molecule has 0 radical (unpaired) electrons. The summed E-state index contributed by atoms with van der Waals surface area (Å²) in [5.74, 6) is -0.940. The number of aromatic carboxylic acids is 1. The van der Waals surface area contributed by atoms with E-state index >= 15 is 0 Å². The molecule has 0 amide bonds. The van der Waals surface area contributed by atoms with Gasteiger partial charge in [-0.05, 0) is 19.1 Å². The van der Waals surface area contributed by atoms with Gasteiger partial charge in [0.05, 0.1) is 17.7 Å². The molecular formula is C16H25NO4. The van der Waals surface area contributed by atoms with E-state index in [0.29, 0.717) is 12.1 Å². The van der Waals surface area contributed by atoms with Gasteiger partial charge in [-0.15, -0.1) is 0 Å². The molecule has 1 heterocycles. The number of benzene rings is 1. The van der Waals surface area contributed by atoms with E-state index in [0.717, 1.165) is 5.39 Å². The maximum absolute atomic E-state index is 10.8. The van der Waals surface area contributed by atoms with Gasteiger partial charge in [0, 0.05) is 11.6 Å². The number of hydrogen-bond acceptors (Lipinski definition) is 4. The Morgan fingerprint density at radius 2 is 1.67 bits per heavy atom. The summed E-state index contributed by atoms with van der Waals surface area (Å²) in [5.41, 5.74) is 0.788. The van der Waals surface area contributed by atoms with E-state index in [2.05, 4.69) is 9.87 Å². The van der Waals surface area contributed by atoms with Gasteiger partial charge in [-0.1, -0.05) is 45.9 Å². The third kappa shape index (κ3) is 8.02. The Balaban J connectivity index is 0.